The fraction of sp³-hybridized carbons (Fsp3) is 0.324. The maximum Gasteiger partial charge on any atom is 0.258 e. The van der Waals surface area contributed by atoms with E-state index in [1.165, 1.54) is 11.1 Å². The Morgan fingerprint density at radius 3 is 2.45 bits per heavy atom. The smallest absolute Gasteiger partial charge is 0.258 e. The van der Waals surface area contributed by atoms with E-state index in [0.29, 0.717) is 17.3 Å². The van der Waals surface area contributed by atoms with Gasteiger partial charge in [0.25, 0.3) is 5.91 Å². The molecule has 44 heavy (non-hydrogen) atoms. The zero-order chi connectivity index (χ0) is 30.0. The number of nitrogens with zero attached hydrogens (tertiary/aromatic N) is 3. The molecule has 1 fully saturated rings. The first kappa shape index (κ1) is 27.1. The van der Waals surface area contributed by atoms with E-state index in [1.54, 1.807) is 6.92 Å². The lowest BCUT2D eigenvalue weighted by Gasteiger charge is -2.37. The van der Waals surface area contributed by atoms with E-state index in [1.807, 2.05) is 29.2 Å². The van der Waals surface area contributed by atoms with Crippen LogP contribution in [0.5, 0.6) is 5.75 Å². The summed E-state index contributed by atoms with van der Waals surface area (Å²) in [6.07, 6.45) is 4.01. The van der Waals surface area contributed by atoms with Crippen LogP contribution in [-0.4, -0.2) is 41.8 Å². The Morgan fingerprint density at radius 2 is 1.70 bits per heavy atom. The summed E-state index contributed by atoms with van der Waals surface area (Å²) in [4.78, 5) is 16.4. The number of aromatic nitrogens is 2. The molecule has 1 amide bonds. The van der Waals surface area contributed by atoms with E-state index in [2.05, 4.69) is 71.8 Å². The maximum atomic E-state index is 14.3. The number of nitrogens with one attached hydrogen (secondary N) is 1. The van der Waals surface area contributed by atoms with Gasteiger partial charge in [-0.05, 0) is 116 Å². The number of piperidine rings is 1. The van der Waals surface area contributed by atoms with Gasteiger partial charge in [0.1, 0.15) is 5.75 Å². The van der Waals surface area contributed by atoms with Crippen molar-refractivity contribution in [2.24, 2.45) is 0 Å². The molecule has 222 valence electrons. The highest BCUT2D eigenvalue weighted by Crippen LogP contribution is 2.48. The first-order valence-electron chi connectivity index (χ1n) is 15.7. The molecule has 1 saturated heterocycles. The number of aryl methyl sites for hydroxylation is 3. The molecule has 0 radical (unpaired) electrons. The Labute approximate surface area is 257 Å². The summed E-state index contributed by atoms with van der Waals surface area (Å²) in [5, 5.41) is 13.9. The normalized spacial score (nSPS) is 18.7. The van der Waals surface area contributed by atoms with Gasteiger partial charge in [-0.1, -0.05) is 36.4 Å². The van der Waals surface area contributed by atoms with Crippen LogP contribution in [0.25, 0.3) is 33.4 Å². The Kier molecular flexibility index (Phi) is 6.34. The summed E-state index contributed by atoms with van der Waals surface area (Å²) in [7, 11) is 0. The number of carbonyl (C=O) groups excluding carboxylic acids is 1. The van der Waals surface area contributed by atoms with Crippen LogP contribution in [0.4, 0.5) is 5.69 Å². The van der Waals surface area contributed by atoms with Gasteiger partial charge in [0, 0.05) is 40.8 Å². The van der Waals surface area contributed by atoms with Crippen molar-refractivity contribution in [1.29, 1.82) is 0 Å². The van der Waals surface area contributed by atoms with Crippen LogP contribution in [0.2, 0.25) is 0 Å². The fourth-order valence-electron chi connectivity index (χ4n) is 7.60. The molecule has 7 nitrogen and oxygen atoms in total. The third-order valence-electron chi connectivity index (χ3n) is 10.0. The third kappa shape index (κ3) is 4.25. The van der Waals surface area contributed by atoms with E-state index < -0.39 is 0 Å². The van der Waals surface area contributed by atoms with Gasteiger partial charge < -0.3 is 19.4 Å². The van der Waals surface area contributed by atoms with Crippen LogP contribution in [0, 0.1) is 13.8 Å². The highest BCUT2D eigenvalue weighted by Gasteiger charge is 2.43. The molecule has 0 saturated carbocycles. The van der Waals surface area contributed by atoms with Crippen molar-refractivity contribution in [2.45, 2.75) is 57.9 Å². The Bertz CT molecular complexity index is 1940. The van der Waals surface area contributed by atoms with Crippen molar-refractivity contribution in [3.63, 3.8) is 0 Å². The Morgan fingerprint density at radius 1 is 0.932 bits per heavy atom. The summed E-state index contributed by atoms with van der Waals surface area (Å²) in [5.74, 6) is 2.12. The summed E-state index contributed by atoms with van der Waals surface area (Å²) in [6.45, 7) is 8.80. The molecule has 1 unspecified atom stereocenters. The minimum Gasteiger partial charge on any atom is -0.492 e. The minimum atomic E-state index is 0.0456. The van der Waals surface area contributed by atoms with Crippen molar-refractivity contribution in [3.8, 4) is 28.3 Å². The average Bonchev–Trinajstić information content (AvgIpc) is 3.62. The van der Waals surface area contributed by atoms with Crippen LogP contribution < -0.4 is 15.0 Å². The predicted molar refractivity (Wildman–Crippen MR) is 172 cm³/mol. The molecule has 1 N–H and O–H groups in total. The van der Waals surface area contributed by atoms with Crippen molar-refractivity contribution in [1.82, 2.24) is 15.5 Å². The second-order valence-corrected chi connectivity index (χ2v) is 12.7. The molecule has 1 aromatic heterocycles. The van der Waals surface area contributed by atoms with Gasteiger partial charge in [0.2, 0.25) is 11.8 Å². The van der Waals surface area contributed by atoms with Crippen molar-refractivity contribution in [3.05, 3.63) is 94.9 Å². The quantitative estimate of drug-likeness (QED) is 0.242. The lowest BCUT2D eigenvalue weighted by atomic mass is 9.74. The molecule has 5 aromatic rings. The van der Waals surface area contributed by atoms with Crippen LogP contribution in [0.3, 0.4) is 0 Å². The van der Waals surface area contributed by atoms with Crippen LogP contribution in [-0.2, 0) is 11.8 Å². The summed E-state index contributed by atoms with van der Waals surface area (Å²) in [6, 6.07) is 23.2. The molecular weight excluding hydrogens is 548 g/mol. The van der Waals surface area contributed by atoms with Crippen molar-refractivity contribution < 1.29 is 13.9 Å². The lowest BCUT2D eigenvalue weighted by molar-refractivity contribution is 0.0975. The lowest BCUT2D eigenvalue weighted by Crippen LogP contribution is -2.43. The van der Waals surface area contributed by atoms with Crippen molar-refractivity contribution in [2.75, 3.05) is 24.6 Å². The van der Waals surface area contributed by atoms with E-state index >= 15 is 0 Å². The van der Waals surface area contributed by atoms with Gasteiger partial charge in [-0.25, -0.2) is 0 Å². The second-order valence-electron chi connectivity index (χ2n) is 12.7. The monoisotopic (exact) mass is 584 g/mol. The fourth-order valence-corrected chi connectivity index (χ4v) is 7.60. The van der Waals surface area contributed by atoms with E-state index in [4.69, 9.17) is 9.15 Å². The van der Waals surface area contributed by atoms with Crippen LogP contribution in [0.15, 0.2) is 71.1 Å². The standard InChI is InChI=1S/C37H36N4O3/c1-22-18-26(12-13-27(22)28-6-4-8-30-29(28)7-5-9-31(30)35-40-39-24(3)44-35)36(42)41-23(2)10-11-25-19-34-32(20-33(25)41)37(21-43-34)14-16-38-17-15-37/h4-9,12-13,18-20,23,38H,10-11,14-17,21H2,1-3H3. The van der Waals surface area contributed by atoms with E-state index in [9.17, 15) is 4.79 Å². The summed E-state index contributed by atoms with van der Waals surface area (Å²) >= 11 is 0. The molecule has 7 heteroatoms. The zero-order valence-corrected chi connectivity index (χ0v) is 25.4. The van der Waals surface area contributed by atoms with E-state index in [-0.39, 0.29) is 17.4 Å². The molecular formula is C37H36N4O3. The molecule has 0 aliphatic carbocycles. The number of fused-ring (bicyclic) bond motifs is 4. The number of amides is 1. The number of carbonyl (C=O) groups is 1. The zero-order valence-electron chi connectivity index (χ0n) is 25.4. The molecule has 8 rings (SSSR count). The third-order valence-corrected chi connectivity index (χ3v) is 10.0. The second kappa shape index (κ2) is 10.3. The van der Waals surface area contributed by atoms with Crippen molar-refractivity contribution >= 4 is 22.4 Å². The van der Waals surface area contributed by atoms with Gasteiger partial charge in [-0.2, -0.15) is 0 Å². The number of hydrogen-bond donors (Lipinski definition) is 1. The molecule has 3 aliphatic heterocycles. The topological polar surface area (TPSA) is 80.5 Å². The first-order chi connectivity index (χ1) is 21.4. The largest absolute Gasteiger partial charge is 0.492 e. The number of hydrogen-bond acceptors (Lipinski definition) is 6. The first-order valence-corrected chi connectivity index (χ1v) is 15.7. The SMILES string of the molecule is Cc1nnc(-c2cccc3c(-c4ccc(C(=O)N5c6cc7c(cc6CCC5C)OCC75CCNCC5)cc4C)cccc23)o1. The summed E-state index contributed by atoms with van der Waals surface area (Å²) < 4.78 is 12.0. The van der Waals surface area contributed by atoms with Crippen LogP contribution >= 0.6 is 0 Å². The van der Waals surface area contributed by atoms with E-state index in [0.717, 1.165) is 89.8 Å². The molecule has 4 aromatic carbocycles. The van der Waals surface area contributed by atoms with Gasteiger partial charge in [-0.15, -0.1) is 10.2 Å². The van der Waals surface area contributed by atoms with Gasteiger partial charge in [0.05, 0.1) is 6.61 Å². The average molecular weight is 585 g/mol. The van der Waals surface area contributed by atoms with Gasteiger partial charge in [0.15, 0.2) is 0 Å². The number of anilines is 1. The molecule has 1 spiro atoms. The van der Waals surface area contributed by atoms with Gasteiger partial charge in [-0.3, -0.25) is 4.79 Å². The molecule has 3 aliphatic rings. The van der Waals surface area contributed by atoms with Gasteiger partial charge >= 0.3 is 0 Å². The summed E-state index contributed by atoms with van der Waals surface area (Å²) in [5.41, 5.74) is 8.47. The molecule has 0 bridgehead atoms. The highest BCUT2D eigenvalue weighted by atomic mass is 16.5. The maximum absolute atomic E-state index is 14.3. The van der Waals surface area contributed by atoms with Crippen LogP contribution in [0.1, 0.15) is 59.1 Å². The number of ether oxygens (including phenoxy) is 1. The number of benzene rings is 4. The molecule has 4 heterocycles. The minimum absolute atomic E-state index is 0.0456. The molecule has 1 atom stereocenters. The number of rotatable bonds is 3. The Hall–Kier alpha value is -4.49. The Balaban J connectivity index is 1.16. The highest BCUT2D eigenvalue weighted by molar-refractivity contribution is 6.08. The predicted octanol–water partition coefficient (Wildman–Crippen LogP) is 7.17.